The van der Waals surface area contributed by atoms with Gasteiger partial charge in [0.1, 0.15) is 24.7 Å². The van der Waals surface area contributed by atoms with Gasteiger partial charge in [0.25, 0.3) is 0 Å². The fourth-order valence-corrected chi connectivity index (χ4v) is 3.36. The average Bonchev–Trinajstić information content (AvgIpc) is 2.70. The first-order valence-electron chi connectivity index (χ1n) is 10.1. The Bertz CT molecular complexity index is 822. The molecule has 1 atom stereocenters. The molecule has 2 aromatic rings. The lowest BCUT2D eigenvalue weighted by atomic mass is 9.84. The van der Waals surface area contributed by atoms with Gasteiger partial charge in [-0.25, -0.2) is 0 Å². The normalized spacial score (nSPS) is 15.7. The highest BCUT2D eigenvalue weighted by Gasteiger charge is 2.27. The fourth-order valence-electron chi connectivity index (χ4n) is 3.36. The van der Waals surface area contributed by atoms with Crippen molar-refractivity contribution in [1.29, 1.82) is 0 Å². The van der Waals surface area contributed by atoms with E-state index >= 15 is 0 Å². The van der Waals surface area contributed by atoms with E-state index in [2.05, 4.69) is 16.3 Å². The molecule has 2 aromatic carbocycles. The lowest BCUT2D eigenvalue weighted by Gasteiger charge is -2.27. The minimum atomic E-state index is -0.00590. The van der Waals surface area contributed by atoms with Crippen LogP contribution in [0.15, 0.2) is 42.5 Å². The Hall–Kier alpha value is -2.57. The number of carbonyl (C=O) groups excluding carboxylic acids is 1. The molecule has 6 heteroatoms. The number of hydrogen-bond acceptors (Lipinski definition) is 5. The molecule has 1 N–H and O–H groups in total. The van der Waals surface area contributed by atoms with Crippen molar-refractivity contribution in [2.24, 2.45) is 0 Å². The van der Waals surface area contributed by atoms with Gasteiger partial charge < -0.3 is 24.4 Å². The first-order valence-corrected chi connectivity index (χ1v) is 10.1. The SMILES string of the molecule is CCOCCOc1ccc2c(c1)NC(=O)CC2c1cccc(OCCN(C)C)c1. The van der Waals surface area contributed by atoms with E-state index in [0.717, 1.165) is 34.9 Å². The van der Waals surface area contributed by atoms with Crippen molar-refractivity contribution in [3.05, 3.63) is 53.6 Å². The van der Waals surface area contributed by atoms with Crippen LogP contribution < -0.4 is 14.8 Å². The molecule has 6 nitrogen and oxygen atoms in total. The number of likely N-dealkylation sites (N-methyl/N-ethyl adjacent to an activating group) is 1. The number of rotatable bonds is 10. The van der Waals surface area contributed by atoms with E-state index in [9.17, 15) is 4.79 Å². The van der Waals surface area contributed by atoms with Gasteiger partial charge >= 0.3 is 0 Å². The predicted octanol–water partition coefficient (Wildman–Crippen LogP) is 3.52. The van der Waals surface area contributed by atoms with Gasteiger partial charge in [0, 0.05) is 37.2 Å². The molecule has 0 saturated carbocycles. The van der Waals surface area contributed by atoms with Gasteiger partial charge in [-0.2, -0.15) is 0 Å². The first-order chi connectivity index (χ1) is 14.1. The summed E-state index contributed by atoms with van der Waals surface area (Å²) in [6.07, 6.45) is 0.415. The number of nitrogens with zero attached hydrogens (tertiary/aromatic N) is 1. The summed E-state index contributed by atoms with van der Waals surface area (Å²) in [5.41, 5.74) is 2.97. The Labute approximate surface area is 172 Å². The summed E-state index contributed by atoms with van der Waals surface area (Å²) in [4.78, 5) is 14.4. The molecular weight excluding hydrogens is 368 g/mol. The Kier molecular flexibility index (Phi) is 7.49. The van der Waals surface area contributed by atoms with Crippen molar-refractivity contribution in [1.82, 2.24) is 4.90 Å². The van der Waals surface area contributed by atoms with E-state index < -0.39 is 0 Å². The van der Waals surface area contributed by atoms with Crippen LogP contribution in [0.1, 0.15) is 30.4 Å². The van der Waals surface area contributed by atoms with E-state index in [-0.39, 0.29) is 11.8 Å². The van der Waals surface area contributed by atoms with Crippen molar-refractivity contribution in [3.63, 3.8) is 0 Å². The third kappa shape index (κ3) is 5.95. The highest BCUT2D eigenvalue weighted by molar-refractivity contribution is 5.95. The molecule has 0 aromatic heterocycles. The van der Waals surface area contributed by atoms with Crippen LogP contribution >= 0.6 is 0 Å². The quantitative estimate of drug-likeness (QED) is 0.621. The summed E-state index contributed by atoms with van der Waals surface area (Å²) >= 11 is 0. The van der Waals surface area contributed by atoms with Crippen molar-refractivity contribution >= 4 is 11.6 Å². The summed E-state index contributed by atoms with van der Waals surface area (Å²) in [5.74, 6) is 1.56. The van der Waals surface area contributed by atoms with Crippen LogP contribution in [0.3, 0.4) is 0 Å². The molecule has 1 heterocycles. The molecule has 0 radical (unpaired) electrons. The van der Waals surface area contributed by atoms with Crippen molar-refractivity contribution < 1.29 is 19.0 Å². The summed E-state index contributed by atoms with van der Waals surface area (Å²) < 4.78 is 16.9. The first kappa shape index (κ1) is 21.1. The number of anilines is 1. The number of carbonyl (C=O) groups is 1. The lowest BCUT2D eigenvalue weighted by Crippen LogP contribution is -2.23. The summed E-state index contributed by atoms with van der Waals surface area (Å²) in [7, 11) is 4.04. The standard InChI is InChI=1S/C23H30N2O4/c1-4-27-12-13-29-19-8-9-20-21(16-23(26)24-22(20)15-19)17-6-5-7-18(14-17)28-11-10-25(2)3/h5-9,14-15,21H,4,10-13,16H2,1-3H3,(H,24,26). The number of nitrogens with one attached hydrogen (secondary N) is 1. The molecule has 0 bridgehead atoms. The zero-order valence-corrected chi connectivity index (χ0v) is 17.4. The molecule has 3 rings (SSSR count). The van der Waals surface area contributed by atoms with Crippen molar-refractivity contribution in [2.45, 2.75) is 19.3 Å². The number of hydrogen-bond donors (Lipinski definition) is 1. The van der Waals surface area contributed by atoms with Crippen LogP contribution in [-0.2, 0) is 9.53 Å². The monoisotopic (exact) mass is 398 g/mol. The van der Waals surface area contributed by atoms with Crippen LogP contribution in [0.2, 0.25) is 0 Å². The smallest absolute Gasteiger partial charge is 0.225 e. The van der Waals surface area contributed by atoms with Crippen molar-refractivity contribution in [2.75, 3.05) is 52.4 Å². The molecule has 156 valence electrons. The maximum Gasteiger partial charge on any atom is 0.225 e. The number of amides is 1. The van der Waals surface area contributed by atoms with E-state index in [1.807, 2.05) is 57.4 Å². The van der Waals surface area contributed by atoms with Gasteiger partial charge in [0.15, 0.2) is 0 Å². The second-order valence-electron chi connectivity index (χ2n) is 7.32. The van der Waals surface area contributed by atoms with Gasteiger partial charge in [0.2, 0.25) is 5.91 Å². The highest BCUT2D eigenvalue weighted by Crippen LogP contribution is 2.39. The number of benzene rings is 2. The minimum Gasteiger partial charge on any atom is -0.492 e. The predicted molar refractivity (Wildman–Crippen MR) is 114 cm³/mol. The highest BCUT2D eigenvalue weighted by atomic mass is 16.5. The molecule has 1 amide bonds. The van der Waals surface area contributed by atoms with Crippen molar-refractivity contribution in [3.8, 4) is 11.5 Å². The second kappa shape index (κ2) is 10.3. The number of ether oxygens (including phenoxy) is 3. The molecule has 0 saturated heterocycles. The van der Waals surface area contributed by atoms with Gasteiger partial charge in [-0.3, -0.25) is 4.79 Å². The van der Waals surface area contributed by atoms with Crippen LogP contribution in [0.5, 0.6) is 11.5 Å². The average molecular weight is 399 g/mol. The van der Waals surface area contributed by atoms with E-state index in [1.54, 1.807) is 0 Å². The molecule has 29 heavy (non-hydrogen) atoms. The molecule has 0 aliphatic carbocycles. The van der Waals surface area contributed by atoms with E-state index in [0.29, 0.717) is 32.8 Å². The molecular formula is C23H30N2O4. The topological polar surface area (TPSA) is 60.0 Å². The Morgan fingerprint density at radius 1 is 1.03 bits per heavy atom. The van der Waals surface area contributed by atoms with Crippen LogP contribution in [0, 0.1) is 0 Å². The third-order valence-corrected chi connectivity index (χ3v) is 4.83. The maximum absolute atomic E-state index is 12.3. The summed E-state index contributed by atoms with van der Waals surface area (Å²) in [5, 5.41) is 2.98. The number of fused-ring (bicyclic) bond motifs is 1. The largest absolute Gasteiger partial charge is 0.492 e. The zero-order valence-electron chi connectivity index (χ0n) is 17.4. The van der Waals surface area contributed by atoms with Crippen LogP contribution in [0.4, 0.5) is 5.69 Å². The Morgan fingerprint density at radius 2 is 1.83 bits per heavy atom. The lowest BCUT2D eigenvalue weighted by molar-refractivity contribution is -0.116. The Morgan fingerprint density at radius 3 is 2.62 bits per heavy atom. The summed E-state index contributed by atoms with van der Waals surface area (Å²) in [6, 6.07) is 13.9. The van der Waals surface area contributed by atoms with Gasteiger partial charge in [0.05, 0.1) is 6.61 Å². The summed E-state index contributed by atoms with van der Waals surface area (Å²) in [6.45, 7) is 5.13. The molecule has 0 spiro atoms. The van der Waals surface area contributed by atoms with Gasteiger partial charge in [-0.1, -0.05) is 18.2 Å². The van der Waals surface area contributed by atoms with Gasteiger partial charge in [-0.15, -0.1) is 0 Å². The van der Waals surface area contributed by atoms with E-state index in [4.69, 9.17) is 14.2 Å². The maximum atomic E-state index is 12.3. The van der Waals surface area contributed by atoms with Gasteiger partial charge in [-0.05, 0) is 50.3 Å². The second-order valence-corrected chi connectivity index (χ2v) is 7.32. The molecule has 1 unspecified atom stereocenters. The zero-order chi connectivity index (χ0) is 20.6. The molecule has 1 aliphatic rings. The Balaban J connectivity index is 1.75. The van der Waals surface area contributed by atoms with Crippen LogP contribution in [-0.4, -0.2) is 57.9 Å². The molecule has 0 fully saturated rings. The fraction of sp³-hybridized carbons (Fsp3) is 0.435. The molecule has 1 aliphatic heterocycles. The third-order valence-electron chi connectivity index (χ3n) is 4.83. The van der Waals surface area contributed by atoms with Crippen LogP contribution in [0.25, 0.3) is 0 Å². The van der Waals surface area contributed by atoms with E-state index in [1.165, 1.54) is 0 Å². The minimum absolute atomic E-state index is 0.00590.